The van der Waals surface area contributed by atoms with Crippen LogP contribution >= 0.6 is 0 Å². The summed E-state index contributed by atoms with van der Waals surface area (Å²) in [6.45, 7) is 8.40. The quantitative estimate of drug-likeness (QED) is 0.482. The first-order valence-corrected chi connectivity index (χ1v) is 2.49. The van der Waals surface area contributed by atoms with Gasteiger partial charge in [0.2, 0.25) is 6.33 Å². The molecule has 0 unspecified atom stereocenters. The Bertz CT molecular complexity index is 249. The van der Waals surface area contributed by atoms with Gasteiger partial charge in [-0.25, -0.2) is 4.98 Å². The van der Waals surface area contributed by atoms with Crippen LogP contribution in [0.2, 0.25) is 0 Å². The van der Waals surface area contributed by atoms with Gasteiger partial charge in [-0.05, 0) is 13.0 Å². The van der Waals surface area contributed by atoms with Gasteiger partial charge < -0.3 is 4.85 Å². The van der Waals surface area contributed by atoms with Crippen molar-refractivity contribution in [3.8, 4) is 0 Å². The smallest absolute Gasteiger partial charge is 0.272 e. The van der Waals surface area contributed by atoms with Crippen molar-refractivity contribution in [1.29, 1.82) is 0 Å². The van der Waals surface area contributed by atoms with Gasteiger partial charge in [0.15, 0.2) is 0 Å². The maximum absolute atomic E-state index is 6.58. The Hall–Kier alpha value is -1.43. The largest absolute Gasteiger partial charge is 0.361 e. The number of nitrogens with zero attached hydrogens (tertiary/aromatic N) is 3. The normalized spacial score (nSPS) is 8.44. The van der Waals surface area contributed by atoms with Crippen molar-refractivity contribution >= 4 is 5.82 Å². The van der Waals surface area contributed by atoms with E-state index < -0.39 is 0 Å². The van der Waals surface area contributed by atoms with Gasteiger partial charge in [0.05, 0.1) is 0 Å². The summed E-state index contributed by atoms with van der Waals surface area (Å²) >= 11 is 0. The molecule has 0 amide bonds. The summed E-state index contributed by atoms with van der Waals surface area (Å²) in [5.41, 5.74) is 0.830. The van der Waals surface area contributed by atoms with Crippen molar-refractivity contribution in [3.05, 3.63) is 29.5 Å². The molecule has 0 aliphatic rings. The lowest BCUT2D eigenvalue weighted by Gasteiger charge is -1.86. The summed E-state index contributed by atoms with van der Waals surface area (Å²) in [6.07, 6.45) is 1.39. The Balaban J connectivity index is 3.12. The molecule has 1 aromatic heterocycles. The van der Waals surface area contributed by atoms with E-state index in [2.05, 4.69) is 14.8 Å². The molecule has 0 aliphatic carbocycles. The summed E-state index contributed by atoms with van der Waals surface area (Å²) < 4.78 is 0. The molecular weight excluding hydrogens is 114 g/mol. The number of rotatable bonds is 0. The molecule has 0 N–H and O–H groups in total. The van der Waals surface area contributed by atoms with E-state index in [-0.39, 0.29) is 0 Å². The highest BCUT2D eigenvalue weighted by atomic mass is 14.9. The highest BCUT2D eigenvalue weighted by Gasteiger charge is 1.90. The van der Waals surface area contributed by atoms with Crippen LogP contribution < -0.4 is 0 Å². The average Bonchev–Trinajstić information content (AvgIpc) is 1.88. The van der Waals surface area contributed by atoms with Gasteiger partial charge in [-0.2, -0.15) is 0 Å². The summed E-state index contributed by atoms with van der Waals surface area (Å²) in [7, 11) is 0. The van der Waals surface area contributed by atoms with Crippen LogP contribution in [0.25, 0.3) is 4.85 Å². The standard InChI is InChI=1S/C6H5N3/c1-5-3-6(7-2)9-4-8-5/h3-4H,1H3. The third-order valence-corrected chi connectivity index (χ3v) is 0.904. The molecule has 0 aromatic carbocycles. The summed E-state index contributed by atoms with van der Waals surface area (Å²) in [6, 6.07) is 1.65. The minimum Gasteiger partial charge on any atom is -0.361 e. The topological polar surface area (TPSA) is 30.1 Å². The van der Waals surface area contributed by atoms with Crippen LogP contribution in [0.5, 0.6) is 0 Å². The number of aromatic nitrogens is 2. The van der Waals surface area contributed by atoms with Crippen molar-refractivity contribution in [3.63, 3.8) is 0 Å². The van der Waals surface area contributed by atoms with Gasteiger partial charge in [0.25, 0.3) is 5.82 Å². The highest BCUT2D eigenvalue weighted by Crippen LogP contribution is 2.04. The first-order valence-electron chi connectivity index (χ1n) is 2.49. The van der Waals surface area contributed by atoms with Crippen molar-refractivity contribution in [2.45, 2.75) is 6.92 Å². The Kier molecular flexibility index (Phi) is 1.41. The highest BCUT2D eigenvalue weighted by molar-refractivity contribution is 5.34. The second kappa shape index (κ2) is 2.23. The van der Waals surface area contributed by atoms with Crippen molar-refractivity contribution in [2.75, 3.05) is 0 Å². The summed E-state index contributed by atoms with van der Waals surface area (Å²) in [4.78, 5) is 10.7. The molecule has 0 saturated carbocycles. The summed E-state index contributed by atoms with van der Waals surface area (Å²) in [5, 5.41) is 0. The second-order valence-electron chi connectivity index (χ2n) is 1.63. The van der Waals surface area contributed by atoms with E-state index in [1.54, 1.807) is 6.07 Å². The SMILES string of the molecule is [C-]#[N+]c1cc(C)ncn1. The summed E-state index contributed by atoms with van der Waals surface area (Å²) in [5.74, 6) is 0.405. The molecule has 3 heteroatoms. The third-order valence-electron chi connectivity index (χ3n) is 0.904. The molecular formula is C6H5N3. The Morgan fingerprint density at radius 1 is 1.56 bits per heavy atom. The van der Waals surface area contributed by atoms with E-state index in [0.29, 0.717) is 5.82 Å². The first-order chi connectivity index (χ1) is 4.33. The van der Waals surface area contributed by atoms with E-state index >= 15 is 0 Å². The van der Waals surface area contributed by atoms with E-state index in [9.17, 15) is 0 Å². The molecule has 9 heavy (non-hydrogen) atoms. The van der Waals surface area contributed by atoms with Crippen LogP contribution in [-0.4, -0.2) is 9.97 Å². The lowest BCUT2D eigenvalue weighted by atomic mass is 10.4. The monoisotopic (exact) mass is 119 g/mol. The molecule has 0 saturated heterocycles. The van der Waals surface area contributed by atoms with Crippen LogP contribution in [0.1, 0.15) is 5.69 Å². The zero-order valence-electron chi connectivity index (χ0n) is 5.00. The Morgan fingerprint density at radius 2 is 2.33 bits per heavy atom. The maximum Gasteiger partial charge on any atom is 0.272 e. The van der Waals surface area contributed by atoms with Crippen molar-refractivity contribution in [1.82, 2.24) is 9.97 Å². The molecule has 1 rings (SSSR count). The molecule has 0 aliphatic heterocycles. The van der Waals surface area contributed by atoms with E-state index in [1.807, 2.05) is 6.92 Å². The molecule has 3 nitrogen and oxygen atoms in total. The molecule has 1 aromatic rings. The van der Waals surface area contributed by atoms with Gasteiger partial charge in [-0.1, -0.05) is 6.57 Å². The number of hydrogen-bond acceptors (Lipinski definition) is 2. The Labute approximate surface area is 53.2 Å². The molecule has 44 valence electrons. The van der Waals surface area contributed by atoms with Crippen LogP contribution in [0.3, 0.4) is 0 Å². The lowest BCUT2D eigenvalue weighted by molar-refractivity contribution is 1.11. The fourth-order valence-corrected chi connectivity index (χ4v) is 0.502. The molecule has 0 fully saturated rings. The molecule has 0 radical (unpaired) electrons. The van der Waals surface area contributed by atoms with Gasteiger partial charge in [0, 0.05) is 5.69 Å². The van der Waals surface area contributed by atoms with E-state index in [4.69, 9.17) is 6.57 Å². The fourth-order valence-electron chi connectivity index (χ4n) is 0.502. The predicted molar refractivity (Wildman–Crippen MR) is 33.0 cm³/mol. The van der Waals surface area contributed by atoms with E-state index in [0.717, 1.165) is 5.69 Å². The van der Waals surface area contributed by atoms with Crippen LogP contribution in [-0.2, 0) is 0 Å². The molecule has 1 heterocycles. The van der Waals surface area contributed by atoms with Gasteiger partial charge in [0.1, 0.15) is 0 Å². The molecule has 0 spiro atoms. The maximum atomic E-state index is 6.58. The fraction of sp³-hybridized carbons (Fsp3) is 0.167. The van der Waals surface area contributed by atoms with Gasteiger partial charge in [-0.3, -0.25) is 0 Å². The number of aryl methyl sites for hydroxylation is 1. The van der Waals surface area contributed by atoms with E-state index in [1.165, 1.54) is 6.33 Å². The zero-order valence-corrected chi connectivity index (χ0v) is 5.00. The predicted octanol–water partition coefficient (Wildman–Crippen LogP) is 1.34. The second-order valence-corrected chi connectivity index (χ2v) is 1.63. The van der Waals surface area contributed by atoms with Crippen molar-refractivity contribution in [2.24, 2.45) is 0 Å². The number of hydrogen-bond donors (Lipinski definition) is 0. The molecule has 0 atom stereocenters. The van der Waals surface area contributed by atoms with Crippen LogP contribution in [0.15, 0.2) is 12.4 Å². The lowest BCUT2D eigenvalue weighted by Crippen LogP contribution is -1.79. The average molecular weight is 119 g/mol. The van der Waals surface area contributed by atoms with Gasteiger partial charge >= 0.3 is 0 Å². The minimum atomic E-state index is 0.405. The van der Waals surface area contributed by atoms with Crippen LogP contribution in [0.4, 0.5) is 5.82 Å². The third kappa shape index (κ3) is 1.23. The minimum absolute atomic E-state index is 0.405. The zero-order chi connectivity index (χ0) is 6.69. The van der Waals surface area contributed by atoms with Crippen molar-refractivity contribution < 1.29 is 0 Å². The van der Waals surface area contributed by atoms with Crippen LogP contribution in [0, 0.1) is 13.5 Å². The van der Waals surface area contributed by atoms with Gasteiger partial charge in [-0.15, -0.1) is 4.98 Å². The first kappa shape index (κ1) is 5.70. The molecule has 0 bridgehead atoms. The Morgan fingerprint density at radius 3 is 2.78 bits per heavy atom.